The maximum Gasteiger partial charge on any atom is 0.350 e. The Morgan fingerprint density at radius 2 is 2.04 bits per heavy atom. The lowest BCUT2D eigenvalue weighted by molar-refractivity contribution is -0.117. The van der Waals surface area contributed by atoms with Crippen molar-refractivity contribution in [2.24, 2.45) is 0 Å². The molecule has 8 heteroatoms. The van der Waals surface area contributed by atoms with Gasteiger partial charge in [0, 0.05) is 11.9 Å². The highest BCUT2D eigenvalue weighted by molar-refractivity contribution is 5.94. The molecule has 24 heavy (non-hydrogen) atoms. The van der Waals surface area contributed by atoms with Crippen LogP contribution in [-0.4, -0.2) is 33.2 Å². The number of hydrogen-bond donors (Lipinski definition) is 1. The van der Waals surface area contributed by atoms with E-state index in [0.29, 0.717) is 16.9 Å². The zero-order chi connectivity index (χ0) is 17.1. The van der Waals surface area contributed by atoms with Crippen LogP contribution in [0.1, 0.15) is 10.4 Å². The van der Waals surface area contributed by atoms with Crippen LogP contribution in [0.15, 0.2) is 53.5 Å². The Labute approximate surface area is 136 Å². The van der Waals surface area contributed by atoms with E-state index in [0.717, 1.165) is 4.68 Å². The number of methoxy groups -OCH3 is 1. The highest BCUT2D eigenvalue weighted by Gasteiger charge is 2.12. The number of esters is 1. The number of anilines is 1. The topological polar surface area (TPSA) is 94.7 Å². The van der Waals surface area contributed by atoms with Gasteiger partial charge in [0.1, 0.15) is 6.54 Å². The number of nitrogens with zero attached hydrogens (tertiary/aromatic N) is 3. The second kappa shape index (κ2) is 6.37. The number of aromatic nitrogens is 3. The van der Waals surface area contributed by atoms with Gasteiger partial charge in [-0.15, -0.1) is 5.10 Å². The number of nitrogens with one attached hydrogen (secondary N) is 1. The summed E-state index contributed by atoms with van der Waals surface area (Å²) in [6, 6.07) is 11.5. The van der Waals surface area contributed by atoms with Crippen molar-refractivity contribution in [1.29, 1.82) is 0 Å². The van der Waals surface area contributed by atoms with Crippen molar-refractivity contribution in [3.63, 3.8) is 0 Å². The fourth-order valence-electron chi connectivity index (χ4n) is 2.25. The summed E-state index contributed by atoms with van der Waals surface area (Å²) < 4.78 is 7.06. The number of hydrogen-bond acceptors (Lipinski definition) is 5. The first-order valence-corrected chi connectivity index (χ1v) is 7.11. The number of rotatable bonds is 4. The fourth-order valence-corrected chi connectivity index (χ4v) is 2.25. The summed E-state index contributed by atoms with van der Waals surface area (Å²) in [4.78, 5) is 35.7. The summed E-state index contributed by atoms with van der Waals surface area (Å²) in [5.41, 5.74) is 0.812. The van der Waals surface area contributed by atoms with Gasteiger partial charge in [-0.05, 0) is 30.3 Å². The van der Waals surface area contributed by atoms with Gasteiger partial charge in [-0.2, -0.15) is 0 Å². The molecule has 0 fully saturated rings. The molecule has 2 aromatic heterocycles. The number of pyridine rings is 1. The predicted molar refractivity (Wildman–Crippen MR) is 85.9 cm³/mol. The molecule has 122 valence electrons. The molecule has 0 saturated heterocycles. The van der Waals surface area contributed by atoms with Gasteiger partial charge in [-0.25, -0.2) is 14.3 Å². The molecule has 1 amide bonds. The highest BCUT2D eigenvalue weighted by Crippen LogP contribution is 2.11. The summed E-state index contributed by atoms with van der Waals surface area (Å²) in [7, 11) is 1.28. The average Bonchev–Trinajstić information content (AvgIpc) is 2.90. The van der Waals surface area contributed by atoms with Gasteiger partial charge >= 0.3 is 11.7 Å². The average molecular weight is 326 g/mol. The summed E-state index contributed by atoms with van der Waals surface area (Å²) in [6.45, 7) is -0.233. The number of fused-ring (bicyclic) bond motifs is 1. The molecule has 1 N–H and O–H groups in total. The predicted octanol–water partition coefficient (Wildman–Crippen LogP) is 0.921. The molecule has 0 aliphatic heterocycles. The van der Waals surface area contributed by atoms with Crippen LogP contribution in [0.3, 0.4) is 0 Å². The lowest BCUT2D eigenvalue weighted by Crippen LogP contribution is -2.28. The smallest absolute Gasteiger partial charge is 0.350 e. The van der Waals surface area contributed by atoms with Gasteiger partial charge in [0.15, 0.2) is 5.65 Å². The quantitative estimate of drug-likeness (QED) is 0.720. The Hall–Kier alpha value is -3.42. The Morgan fingerprint density at radius 1 is 1.21 bits per heavy atom. The SMILES string of the molecule is COC(=O)c1cccc(NC(=O)Cn2nc3ccccn3c2=O)c1. The van der Waals surface area contributed by atoms with Crippen molar-refractivity contribution in [1.82, 2.24) is 14.2 Å². The number of amides is 1. The molecule has 0 aliphatic carbocycles. The van der Waals surface area contributed by atoms with Crippen LogP contribution in [0.5, 0.6) is 0 Å². The molecule has 0 aliphatic rings. The van der Waals surface area contributed by atoms with E-state index in [2.05, 4.69) is 15.2 Å². The second-order valence-corrected chi connectivity index (χ2v) is 4.99. The molecule has 0 radical (unpaired) electrons. The van der Waals surface area contributed by atoms with Crippen molar-refractivity contribution < 1.29 is 14.3 Å². The molecule has 2 heterocycles. The molecular weight excluding hydrogens is 312 g/mol. The normalized spacial score (nSPS) is 10.5. The first kappa shape index (κ1) is 15.5. The van der Waals surface area contributed by atoms with Crippen LogP contribution in [0.2, 0.25) is 0 Å². The van der Waals surface area contributed by atoms with Crippen LogP contribution >= 0.6 is 0 Å². The number of carbonyl (C=O) groups excluding carboxylic acids is 2. The number of benzene rings is 1. The maximum absolute atomic E-state index is 12.1. The molecule has 1 aromatic carbocycles. The molecule has 0 saturated carbocycles. The third kappa shape index (κ3) is 3.02. The molecule has 3 rings (SSSR count). The molecule has 3 aromatic rings. The monoisotopic (exact) mass is 326 g/mol. The zero-order valence-corrected chi connectivity index (χ0v) is 12.8. The standard InChI is InChI=1S/C16H14N4O4/c1-24-15(22)11-5-4-6-12(9-11)17-14(21)10-20-16(23)19-8-3-2-7-13(19)18-20/h2-9H,10H2,1H3,(H,17,21). The van der Waals surface area contributed by atoms with Gasteiger partial charge in [0.05, 0.1) is 12.7 Å². The summed E-state index contributed by atoms with van der Waals surface area (Å²) in [5.74, 6) is -0.926. The van der Waals surface area contributed by atoms with Crippen molar-refractivity contribution in [2.45, 2.75) is 6.54 Å². The number of carbonyl (C=O) groups is 2. The number of ether oxygens (including phenoxy) is 1. The summed E-state index contributed by atoms with van der Waals surface area (Å²) in [6.07, 6.45) is 1.58. The minimum Gasteiger partial charge on any atom is -0.465 e. The van der Waals surface area contributed by atoms with Gasteiger partial charge in [-0.3, -0.25) is 9.20 Å². The third-order valence-corrected chi connectivity index (χ3v) is 3.35. The largest absolute Gasteiger partial charge is 0.465 e. The van der Waals surface area contributed by atoms with E-state index >= 15 is 0 Å². The van der Waals surface area contributed by atoms with Gasteiger partial charge in [-0.1, -0.05) is 12.1 Å². The molecule has 8 nitrogen and oxygen atoms in total. The van der Waals surface area contributed by atoms with E-state index in [-0.39, 0.29) is 6.54 Å². The molecule has 0 bridgehead atoms. The minimum absolute atomic E-state index is 0.233. The Bertz CT molecular complexity index is 973. The summed E-state index contributed by atoms with van der Waals surface area (Å²) in [5, 5.41) is 6.71. The minimum atomic E-state index is -0.498. The highest BCUT2D eigenvalue weighted by atomic mass is 16.5. The van der Waals surface area contributed by atoms with Gasteiger partial charge < -0.3 is 10.1 Å². The lowest BCUT2D eigenvalue weighted by Gasteiger charge is -2.06. The molecular formula is C16H14N4O4. The van der Waals surface area contributed by atoms with Crippen LogP contribution < -0.4 is 11.0 Å². The first-order valence-electron chi connectivity index (χ1n) is 7.11. The first-order chi connectivity index (χ1) is 11.6. The molecule has 0 atom stereocenters. The molecule has 0 unspecified atom stereocenters. The van der Waals surface area contributed by atoms with Crippen molar-refractivity contribution >= 4 is 23.2 Å². The van der Waals surface area contributed by atoms with Crippen LogP contribution in [0.4, 0.5) is 5.69 Å². The van der Waals surface area contributed by atoms with E-state index in [9.17, 15) is 14.4 Å². The van der Waals surface area contributed by atoms with Gasteiger partial charge in [0.25, 0.3) is 0 Å². The van der Waals surface area contributed by atoms with Crippen LogP contribution in [0.25, 0.3) is 5.65 Å². The molecule has 0 spiro atoms. The van der Waals surface area contributed by atoms with E-state index < -0.39 is 17.6 Å². The fraction of sp³-hybridized carbons (Fsp3) is 0.125. The van der Waals surface area contributed by atoms with Crippen LogP contribution in [-0.2, 0) is 16.1 Å². The second-order valence-electron chi connectivity index (χ2n) is 4.99. The van der Waals surface area contributed by atoms with E-state index in [1.54, 1.807) is 42.6 Å². The third-order valence-electron chi connectivity index (χ3n) is 3.35. The van der Waals surface area contributed by atoms with Gasteiger partial charge in [0.2, 0.25) is 5.91 Å². The zero-order valence-electron chi connectivity index (χ0n) is 12.8. The maximum atomic E-state index is 12.1. The Morgan fingerprint density at radius 3 is 2.79 bits per heavy atom. The van der Waals surface area contributed by atoms with E-state index in [1.807, 2.05) is 0 Å². The Balaban J connectivity index is 1.77. The van der Waals surface area contributed by atoms with Crippen molar-refractivity contribution in [3.8, 4) is 0 Å². The van der Waals surface area contributed by atoms with E-state index in [4.69, 9.17) is 0 Å². The van der Waals surface area contributed by atoms with Crippen LogP contribution in [0, 0.1) is 0 Å². The summed E-state index contributed by atoms with van der Waals surface area (Å²) >= 11 is 0. The lowest BCUT2D eigenvalue weighted by atomic mass is 10.2. The van der Waals surface area contributed by atoms with Crippen molar-refractivity contribution in [3.05, 3.63) is 64.7 Å². The Kier molecular flexibility index (Phi) is 4.11. The van der Waals surface area contributed by atoms with Crippen molar-refractivity contribution in [2.75, 3.05) is 12.4 Å². The van der Waals surface area contributed by atoms with E-state index in [1.165, 1.54) is 17.6 Å².